The first-order chi connectivity index (χ1) is 10.0. The normalized spacial score (nSPS) is 28.9. The fraction of sp³-hybridized carbons (Fsp3) is 0.400. The van der Waals surface area contributed by atoms with E-state index in [4.69, 9.17) is 15.7 Å². The molecule has 0 saturated carbocycles. The third-order valence-electron chi connectivity index (χ3n) is 3.27. The van der Waals surface area contributed by atoms with Crippen LogP contribution in [0, 0.1) is 0 Å². The monoisotopic (exact) mass is 296 g/mol. The summed E-state index contributed by atoms with van der Waals surface area (Å²) in [5, 5.41) is 28.4. The summed E-state index contributed by atoms with van der Waals surface area (Å²) in [7, 11) is 0. The zero-order valence-electron chi connectivity index (χ0n) is 10.5. The largest absolute Gasteiger partial charge is 0.387 e. The van der Waals surface area contributed by atoms with Gasteiger partial charge < -0.3 is 20.7 Å². The van der Waals surface area contributed by atoms with Gasteiger partial charge in [-0.1, -0.05) is 0 Å². The highest BCUT2D eigenvalue weighted by atomic mass is 16.6. The number of nitrogens with zero attached hydrogens (tertiary/aromatic N) is 4. The van der Waals surface area contributed by atoms with Crippen molar-refractivity contribution in [3.63, 3.8) is 0 Å². The van der Waals surface area contributed by atoms with Crippen molar-refractivity contribution in [2.75, 3.05) is 5.73 Å². The molecule has 1 saturated heterocycles. The van der Waals surface area contributed by atoms with Crippen LogP contribution in [0.5, 0.6) is 0 Å². The van der Waals surface area contributed by atoms with E-state index in [-0.39, 0.29) is 11.5 Å². The number of hydroxylamine groups is 1. The number of hydrogen-bond acceptors (Lipinski definition) is 9. The van der Waals surface area contributed by atoms with Crippen LogP contribution >= 0.6 is 0 Å². The van der Waals surface area contributed by atoms with Gasteiger partial charge in [-0.2, -0.15) is 0 Å². The molecule has 0 radical (unpaired) electrons. The van der Waals surface area contributed by atoms with Crippen LogP contribution in [0.15, 0.2) is 12.7 Å². The van der Waals surface area contributed by atoms with E-state index in [0.29, 0.717) is 5.52 Å². The minimum Gasteiger partial charge on any atom is -0.387 e. The average Bonchev–Trinajstić information content (AvgIpc) is 3.02. The number of hydrogen-bond donors (Lipinski definition) is 5. The standard InChI is InChI=1S/C10H12N6O5/c11-7-3-8(13-1-12-7)16(2-14-3)10-5(18)4(17)6(21-10)9(19)15-20/h1-2,4-6,10,17-18,20H,(H,15,19)(H2,11,12,13)/t4-,5+,6-,10+/m0/s1. The Kier molecular flexibility index (Phi) is 3.17. The summed E-state index contributed by atoms with van der Waals surface area (Å²) in [6.45, 7) is 0. The van der Waals surface area contributed by atoms with Crippen LogP contribution in [-0.4, -0.2) is 59.2 Å². The van der Waals surface area contributed by atoms with E-state index in [1.165, 1.54) is 22.7 Å². The van der Waals surface area contributed by atoms with Crippen molar-refractivity contribution in [2.45, 2.75) is 24.5 Å². The van der Waals surface area contributed by atoms with Gasteiger partial charge >= 0.3 is 0 Å². The van der Waals surface area contributed by atoms with E-state index in [9.17, 15) is 15.0 Å². The van der Waals surface area contributed by atoms with Gasteiger partial charge in [-0.15, -0.1) is 0 Å². The first kappa shape index (κ1) is 13.6. The number of fused-ring (bicyclic) bond motifs is 1. The van der Waals surface area contributed by atoms with Gasteiger partial charge in [-0.05, 0) is 0 Å². The molecule has 1 fully saturated rings. The van der Waals surface area contributed by atoms with Crippen LogP contribution < -0.4 is 11.2 Å². The Balaban J connectivity index is 2.00. The number of carbonyl (C=O) groups excluding carboxylic acids is 1. The van der Waals surface area contributed by atoms with E-state index < -0.39 is 30.4 Å². The zero-order valence-corrected chi connectivity index (χ0v) is 10.5. The third kappa shape index (κ3) is 1.99. The molecule has 112 valence electrons. The topological polar surface area (TPSA) is 169 Å². The van der Waals surface area contributed by atoms with Crippen LogP contribution in [0.4, 0.5) is 5.82 Å². The Bertz CT molecular complexity index is 690. The van der Waals surface area contributed by atoms with Gasteiger partial charge in [0.25, 0.3) is 5.91 Å². The second kappa shape index (κ2) is 4.89. The smallest absolute Gasteiger partial charge is 0.275 e. The van der Waals surface area contributed by atoms with E-state index in [0.717, 1.165) is 0 Å². The number of carbonyl (C=O) groups is 1. The van der Waals surface area contributed by atoms with E-state index in [1.54, 1.807) is 0 Å². The second-order valence-corrected chi connectivity index (χ2v) is 4.49. The minimum absolute atomic E-state index is 0.149. The highest BCUT2D eigenvalue weighted by molar-refractivity contribution is 5.82. The number of aliphatic hydroxyl groups is 2. The molecule has 0 spiro atoms. The van der Waals surface area contributed by atoms with Gasteiger partial charge in [-0.25, -0.2) is 20.4 Å². The molecule has 11 nitrogen and oxygen atoms in total. The molecule has 0 aromatic carbocycles. The molecule has 3 rings (SSSR count). The number of anilines is 1. The van der Waals surface area contributed by atoms with E-state index in [2.05, 4.69) is 15.0 Å². The summed E-state index contributed by atoms with van der Waals surface area (Å²) in [6, 6.07) is 0. The maximum Gasteiger partial charge on any atom is 0.275 e. The Morgan fingerprint density at radius 1 is 1.33 bits per heavy atom. The van der Waals surface area contributed by atoms with Gasteiger partial charge in [0.1, 0.15) is 24.1 Å². The summed E-state index contributed by atoms with van der Waals surface area (Å²) >= 11 is 0. The van der Waals surface area contributed by atoms with Gasteiger partial charge in [-0.3, -0.25) is 14.6 Å². The third-order valence-corrected chi connectivity index (χ3v) is 3.27. The molecule has 1 amide bonds. The molecular weight excluding hydrogens is 284 g/mol. The van der Waals surface area contributed by atoms with Crippen molar-refractivity contribution in [2.24, 2.45) is 0 Å². The van der Waals surface area contributed by atoms with Crippen LogP contribution in [0.2, 0.25) is 0 Å². The molecule has 0 unspecified atom stereocenters. The van der Waals surface area contributed by atoms with Crippen LogP contribution in [0.25, 0.3) is 11.2 Å². The number of ether oxygens (including phenoxy) is 1. The molecule has 0 aliphatic carbocycles. The maximum atomic E-state index is 11.4. The molecule has 4 atom stereocenters. The lowest BCUT2D eigenvalue weighted by Crippen LogP contribution is -2.41. The molecular formula is C10H12N6O5. The SMILES string of the molecule is Nc1ncnc2c1ncn2[C@@H]1O[C@H](C(=O)NO)[C@@H](O)[C@H]1O. The summed E-state index contributed by atoms with van der Waals surface area (Å²) < 4.78 is 6.61. The summed E-state index contributed by atoms with van der Waals surface area (Å²) in [4.78, 5) is 23.1. The molecule has 21 heavy (non-hydrogen) atoms. The van der Waals surface area contributed by atoms with Crippen molar-refractivity contribution in [1.82, 2.24) is 25.0 Å². The van der Waals surface area contributed by atoms with Crippen molar-refractivity contribution in [1.29, 1.82) is 0 Å². The lowest BCUT2D eigenvalue weighted by molar-refractivity contribution is -0.146. The summed E-state index contributed by atoms with van der Waals surface area (Å²) in [5.41, 5.74) is 7.60. The predicted molar refractivity (Wildman–Crippen MR) is 65.6 cm³/mol. The number of imidazole rings is 1. The Morgan fingerprint density at radius 3 is 2.81 bits per heavy atom. The minimum atomic E-state index is -1.52. The van der Waals surface area contributed by atoms with Crippen molar-refractivity contribution >= 4 is 22.9 Å². The van der Waals surface area contributed by atoms with Gasteiger partial charge in [0.15, 0.2) is 23.8 Å². The fourth-order valence-electron chi connectivity index (χ4n) is 2.23. The number of aromatic nitrogens is 4. The highest BCUT2D eigenvalue weighted by Crippen LogP contribution is 2.31. The van der Waals surface area contributed by atoms with Crippen molar-refractivity contribution in [3.05, 3.63) is 12.7 Å². The van der Waals surface area contributed by atoms with Gasteiger partial charge in [0.05, 0.1) is 6.33 Å². The second-order valence-electron chi connectivity index (χ2n) is 4.49. The van der Waals surface area contributed by atoms with Gasteiger partial charge in [0, 0.05) is 0 Å². The lowest BCUT2D eigenvalue weighted by atomic mass is 10.1. The number of aliphatic hydroxyl groups excluding tert-OH is 2. The predicted octanol–water partition coefficient (Wildman–Crippen LogP) is -2.47. The van der Waals surface area contributed by atoms with Crippen LogP contribution in [0.3, 0.4) is 0 Å². The maximum absolute atomic E-state index is 11.4. The Morgan fingerprint density at radius 2 is 2.10 bits per heavy atom. The molecule has 1 aliphatic rings. The molecule has 6 N–H and O–H groups in total. The fourth-order valence-corrected chi connectivity index (χ4v) is 2.23. The highest BCUT2D eigenvalue weighted by Gasteiger charge is 2.47. The van der Waals surface area contributed by atoms with Crippen LogP contribution in [-0.2, 0) is 9.53 Å². The number of nitrogens with two attached hydrogens (primary N) is 1. The number of amides is 1. The zero-order chi connectivity index (χ0) is 15.1. The van der Waals surface area contributed by atoms with Gasteiger partial charge in [0.2, 0.25) is 0 Å². The lowest BCUT2D eigenvalue weighted by Gasteiger charge is -2.16. The first-order valence-corrected chi connectivity index (χ1v) is 5.93. The Labute approximate surface area is 117 Å². The molecule has 2 aromatic heterocycles. The molecule has 3 heterocycles. The van der Waals surface area contributed by atoms with E-state index >= 15 is 0 Å². The average molecular weight is 296 g/mol. The van der Waals surface area contributed by atoms with Crippen molar-refractivity contribution < 1.29 is 25.0 Å². The molecule has 2 aromatic rings. The first-order valence-electron chi connectivity index (χ1n) is 5.93. The molecule has 1 aliphatic heterocycles. The quantitative estimate of drug-likeness (QED) is 0.298. The number of nitrogen functional groups attached to an aromatic ring is 1. The summed E-state index contributed by atoms with van der Waals surface area (Å²) in [6.07, 6.45) is -2.95. The number of nitrogens with one attached hydrogen (secondary N) is 1. The molecule has 0 bridgehead atoms. The Hall–Kier alpha value is -2.34. The van der Waals surface area contributed by atoms with Crippen LogP contribution in [0.1, 0.15) is 6.23 Å². The molecule has 11 heteroatoms. The van der Waals surface area contributed by atoms with E-state index in [1.807, 2.05) is 0 Å². The van der Waals surface area contributed by atoms with Crippen molar-refractivity contribution in [3.8, 4) is 0 Å². The number of rotatable bonds is 2. The summed E-state index contributed by atoms with van der Waals surface area (Å²) in [5.74, 6) is -0.820.